The van der Waals surface area contributed by atoms with E-state index in [1.54, 1.807) is 34.8 Å². The van der Waals surface area contributed by atoms with E-state index in [1.165, 1.54) is 4.90 Å². The van der Waals surface area contributed by atoms with Gasteiger partial charge in [0.05, 0.1) is 19.6 Å². The number of hydrogen-bond acceptors (Lipinski definition) is 8. The lowest BCUT2D eigenvalue weighted by Gasteiger charge is -2.29. The largest absolute Gasteiger partial charge is 0.497 e. The van der Waals surface area contributed by atoms with E-state index in [0.29, 0.717) is 0 Å². The molecule has 0 aromatic heterocycles. The highest BCUT2D eigenvalue weighted by atomic mass is 16.7. The molecule has 3 atom stereocenters. The van der Waals surface area contributed by atoms with E-state index in [4.69, 9.17) is 20.1 Å². The van der Waals surface area contributed by atoms with Crippen molar-refractivity contribution in [3.63, 3.8) is 0 Å². The molecular weight excluding hydrogens is 440 g/mol. The summed E-state index contributed by atoms with van der Waals surface area (Å²) in [6, 6.07) is 10.6. The van der Waals surface area contributed by atoms with Crippen LogP contribution in [0.25, 0.3) is 10.8 Å². The Balaban J connectivity index is 1.73. The molecule has 3 unspecified atom stereocenters. The number of likely N-dealkylation sites (tertiary alicyclic amines) is 1. The molecule has 1 saturated heterocycles. The number of carbonyl (C=O) groups is 3. The van der Waals surface area contributed by atoms with Gasteiger partial charge in [0.1, 0.15) is 17.9 Å². The van der Waals surface area contributed by atoms with Crippen molar-refractivity contribution in [3.05, 3.63) is 42.0 Å². The topological polar surface area (TPSA) is 117 Å². The molecule has 0 aliphatic carbocycles. The molecule has 1 heterocycles. The molecule has 1 amide bonds. The van der Waals surface area contributed by atoms with E-state index < -0.39 is 42.2 Å². The van der Waals surface area contributed by atoms with Crippen LogP contribution in [0.2, 0.25) is 0 Å². The number of carbonyl (C=O) groups excluding carboxylic acids is 3. The maximum atomic E-state index is 13.0. The summed E-state index contributed by atoms with van der Waals surface area (Å²) in [6.45, 7) is 6.73. The Morgan fingerprint density at radius 2 is 1.79 bits per heavy atom. The number of rotatable bonds is 7. The fourth-order valence-electron chi connectivity index (χ4n) is 3.99. The van der Waals surface area contributed by atoms with Gasteiger partial charge in [-0.1, -0.05) is 45.0 Å². The third-order valence-electron chi connectivity index (χ3n) is 5.91. The number of hydrogen-bond donors (Lipinski definition) is 1. The van der Waals surface area contributed by atoms with Crippen LogP contribution >= 0.6 is 0 Å². The van der Waals surface area contributed by atoms with E-state index in [9.17, 15) is 14.4 Å². The normalized spacial score (nSPS) is 19.1. The first kappa shape index (κ1) is 25.5. The Morgan fingerprint density at radius 3 is 2.44 bits per heavy atom. The highest BCUT2D eigenvalue weighted by Crippen LogP contribution is 2.30. The summed E-state index contributed by atoms with van der Waals surface area (Å²) in [5, 5.41) is 1.98. The second kappa shape index (κ2) is 10.4. The van der Waals surface area contributed by atoms with Gasteiger partial charge in [-0.15, -0.1) is 0 Å². The minimum atomic E-state index is -0.884. The molecule has 0 bridgehead atoms. The second-order valence-corrected chi connectivity index (χ2v) is 9.46. The predicted octanol–water partition coefficient (Wildman–Crippen LogP) is 2.90. The zero-order valence-corrected chi connectivity index (χ0v) is 20.2. The van der Waals surface area contributed by atoms with Gasteiger partial charge in [0.25, 0.3) is 0 Å². The number of ether oxygens (including phenoxy) is 3. The zero-order chi connectivity index (χ0) is 25.0. The first-order valence-corrected chi connectivity index (χ1v) is 11.1. The van der Waals surface area contributed by atoms with Gasteiger partial charge in [-0.2, -0.15) is 0 Å². The van der Waals surface area contributed by atoms with Crippen molar-refractivity contribution in [1.82, 2.24) is 4.90 Å². The average molecular weight is 473 g/mol. The van der Waals surface area contributed by atoms with Crippen molar-refractivity contribution in [2.75, 3.05) is 20.4 Å². The lowest BCUT2D eigenvalue weighted by Crippen LogP contribution is -2.46. The molecule has 9 nitrogen and oxygen atoms in total. The van der Waals surface area contributed by atoms with E-state index in [2.05, 4.69) is 4.84 Å². The van der Waals surface area contributed by atoms with Crippen LogP contribution < -0.4 is 10.6 Å². The van der Waals surface area contributed by atoms with Crippen LogP contribution in [0.5, 0.6) is 5.75 Å². The molecule has 184 valence electrons. The van der Waals surface area contributed by atoms with Gasteiger partial charge >= 0.3 is 11.9 Å². The highest BCUT2D eigenvalue weighted by Gasteiger charge is 2.45. The molecule has 0 radical (unpaired) electrons. The van der Waals surface area contributed by atoms with Crippen molar-refractivity contribution >= 4 is 28.6 Å². The second-order valence-electron chi connectivity index (χ2n) is 9.46. The lowest BCUT2D eigenvalue weighted by molar-refractivity contribution is -0.166. The number of nitrogens with zero attached hydrogens (tertiary/aromatic N) is 1. The smallest absolute Gasteiger partial charge is 0.331 e. The predicted molar refractivity (Wildman–Crippen MR) is 125 cm³/mol. The van der Waals surface area contributed by atoms with Gasteiger partial charge < -0.3 is 19.1 Å². The zero-order valence-electron chi connectivity index (χ0n) is 20.2. The maximum Gasteiger partial charge on any atom is 0.331 e. The molecule has 2 aromatic carbocycles. The van der Waals surface area contributed by atoms with E-state index in [1.807, 2.05) is 36.4 Å². The van der Waals surface area contributed by atoms with Gasteiger partial charge in [-0.25, -0.2) is 10.7 Å². The standard InChI is InChI=1S/C25H32N2O7/c1-15(16-6-7-18-11-19(31-5)9-8-17(18)10-16)22(28)34-20-12-21(23(29)32-14-33-26)27(13-20)24(30)25(2,3)4/h6-11,15,20-21H,12-14,26H2,1-5H3. The van der Waals surface area contributed by atoms with Crippen LogP contribution in [0, 0.1) is 5.41 Å². The van der Waals surface area contributed by atoms with Gasteiger partial charge in [0.2, 0.25) is 12.7 Å². The van der Waals surface area contributed by atoms with E-state index >= 15 is 0 Å². The molecule has 1 aliphatic rings. The van der Waals surface area contributed by atoms with Gasteiger partial charge in [-0.3, -0.25) is 14.4 Å². The molecule has 0 spiro atoms. The molecule has 9 heteroatoms. The first-order chi connectivity index (χ1) is 16.0. The molecular formula is C25H32N2O7. The molecule has 2 N–H and O–H groups in total. The number of esters is 2. The van der Waals surface area contributed by atoms with Crippen LogP contribution in [-0.4, -0.2) is 55.3 Å². The maximum absolute atomic E-state index is 13.0. The fraction of sp³-hybridized carbons (Fsp3) is 0.480. The minimum absolute atomic E-state index is 0.106. The molecule has 0 saturated carbocycles. The summed E-state index contributed by atoms with van der Waals surface area (Å²) in [4.78, 5) is 44.1. The summed E-state index contributed by atoms with van der Waals surface area (Å²) >= 11 is 0. The van der Waals surface area contributed by atoms with Crippen molar-refractivity contribution < 1.29 is 33.4 Å². The summed E-state index contributed by atoms with van der Waals surface area (Å²) in [6.07, 6.45) is -0.497. The lowest BCUT2D eigenvalue weighted by atomic mass is 9.94. The monoisotopic (exact) mass is 472 g/mol. The molecule has 1 fully saturated rings. The number of nitrogens with two attached hydrogens (primary N) is 1. The Bertz CT molecular complexity index is 1060. The van der Waals surface area contributed by atoms with Crippen molar-refractivity contribution in [2.24, 2.45) is 11.3 Å². The van der Waals surface area contributed by atoms with Crippen LogP contribution in [0.4, 0.5) is 0 Å². The summed E-state index contributed by atoms with van der Waals surface area (Å²) in [5.41, 5.74) is 0.0856. The van der Waals surface area contributed by atoms with Crippen molar-refractivity contribution in [3.8, 4) is 5.75 Å². The van der Waals surface area contributed by atoms with Crippen molar-refractivity contribution in [1.29, 1.82) is 0 Å². The van der Waals surface area contributed by atoms with Gasteiger partial charge in [0.15, 0.2) is 0 Å². The number of methoxy groups -OCH3 is 1. The van der Waals surface area contributed by atoms with Crippen LogP contribution in [-0.2, 0) is 28.7 Å². The van der Waals surface area contributed by atoms with Crippen LogP contribution in [0.15, 0.2) is 36.4 Å². The Hall–Kier alpha value is -3.17. The molecule has 3 rings (SSSR count). The van der Waals surface area contributed by atoms with Crippen molar-refractivity contribution in [2.45, 2.75) is 52.2 Å². The first-order valence-electron chi connectivity index (χ1n) is 11.1. The number of amides is 1. The summed E-state index contributed by atoms with van der Waals surface area (Å²) in [5.74, 6) is 3.84. The van der Waals surface area contributed by atoms with Crippen LogP contribution in [0.3, 0.4) is 0 Å². The summed E-state index contributed by atoms with van der Waals surface area (Å²) < 4.78 is 16.0. The summed E-state index contributed by atoms with van der Waals surface area (Å²) in [7, 11) is 1.61. The quantitative estimate of drug-likeness (QED) is 0.371. The Morgan fingerprint density at radius 1 is 1.12 bits per heavy atom. The fourth-order valence-corrected chi connectivity index (χ4v) is 3.99. The highest BCUT2D eigenvalue weighted by molar-refractivity contribution is 5.89. The third-order valence-corrected chi connectivity index (χ3v) is 5.91. The number of fused-ring (bicyclic) bond motifs is 1. The van der Waals surface area contributed by atoms with Gasteiger partial charge in [0, 0.05) is 11.8 Å². The van der Waals surface area contributed by atoms with Gasteiger partial charge in [-0.05, 0) is 35.4 Å². The average Bonchev–Trinajstić information content (AvgIpc) is 3.23. The Labute approximate surface area is 199 Å². The Kier molecular flexibility index (Phi) is 7.78. The molecule has 2 aromatic rings. The SMILES string of the molecule is COc1ccc2cc(C(C)C(=O)OC3CC(C(=O)OCON)N(C(=O)C(C)(C)C)C3)ccc2c1. The van der Waals surface area contributed by atoms with E-state index in [0.717, 1.165) is 22.1 Å². The molecule has 1 aliphatic heterocycles. The minimum Gasteiger partial charge on any atom is -0.497 e. The van der Waals surface area contributed by atoms with Crippen LogP contribution in [0.1, 0.15) is 45.6 Å². The van der Waals surface area contributed by atoms with E-state index in [-0.39, 0.29) is 18.9 Å². The number of benzene rings is 2. The molecule has 34 heavy (non-hydrogen) atoms. The third kappa shape index (κ3) is 5.66.